The fraction of sp³-hybridized carbons (Fsp3) is 0.579. The summed E-state index contributed by atoms with van der Waals surface area (Å²) < 4.78 is 5.40. The van der Waals surface area contributed by atoms with E-state index in [9.17, 15) is 9.59 Å². The third kappa shape index (κ3) is 4.31. The largest absolute Gasteiger partial charge is 0.381 e. The molecule has 0 unspecified atom stereocenters. The molecule has 1 fully saturated rings. The molecule has 1 saturated heterocycles. The van der Waals surface area contributed by atoms with Crippen molar-refractivity contribution in [3.8, 4) is 0 Å². The molecular weight excluding hydrogens is 318 g/mol. The van der Waals surface area contributed by atoms with Crippen LogP contribution in [0.2, 0.25) is 0 Å². The number of hydrogen-bond donors (Lipinski definition) is 2. The van der Waals surface area contributed by atoms with Gasteiger partial charge >= 0.3 is 6.03 Å². The van der Waals surface area contributed by atoms with Crippen LogP contribution in [-0.4, -0.2) is 43.1 Å². The van der Waals surface area contributed by atoms with Crippen molar-refractivity contribution < 1.29 is 14.3 Å². The predicted molar refractivity (Wildman–Crippen MR) is 96.5 cm³/mol. The third-order valence-corrected chi connectivity index (χ3v) is 5.04. The number of carbonyl (C=O) groups is 2. The molecule has 1 aromatic carbocycles. The van der Waals surface area contributed by atoms with Gasteiger partial charge in [0.15, 0.2) is 0 Å². The van der Waals surface area contributed by atoms with E-state index in [0.29, 0.717) is 18.9 Å². The van der Waals surface area contributed by atoms with Gasteiger partial charge < -0.3 is 20.3 Å². The van der Waals surface area contributed by atoms with Crippen molar-refractivity contribution in [1.29, 1.82) is 0 Å². The Morgan fingerprint density at radius 1 is 1.44 bits per heavy atom. The van der Waals surface area contributed by atoms with E-state index >= 15 is 0 Å². The van der Waals surface area contributed by atoms with Gasteiger partial charge in [0.25, 0.3) is 0 Å². The molecule has 0 bridgehead atoms. The maximum atomic E-state index is 12.6. The van der Waals surface area contributed by atoms with Crippen LogP contribution in [0.5, 0.6) is 0 Å². The molecule has 2 aliphatic rings. The first kappa shape index (κ1) is 17.7. The SMILES string of the molecule is CCN(C[C@H]1CCOC1)C(=O)N[C@H](C)c1ccc2c(c1)CCC(=O)N2. The molecule has 0 spiro atoms. The summed E-state index contributed by atoms with van der Waals surface area (Å²) in [6.45, 7) is 6.97. The molecule has 0 aliphatic carbocycles. The molecule has 0 aromatic heterocycles. The van der Waals surface area contributed by atoms with Crippen molar-refractivity contribution in [3.05, 3.63) is 29.3 Å². The van der Waals surface area contributed by atoms with Crippen LogP contribution < -0.4 is 10.6 Å². The molecule has 25 heavy (non-hydrogen) atoms. The van der Waals surface area contributed by atoms with Gasteiger partial charge in [0.2, 0.25) is 5.91 Å². The maximum absolute atomic E-state index is 12.6. The fourth-order valence-corrected chi connectivity index (χ4v) is 3.43. The number of urea groups is 1. The number of amides is 3. The zero-order valence-corrected chi connectivity index (χ0v) is 15.0. The zero-order valence-electron chi connectivity index (χ0n) is 15.0. The molecule has 6 heteroatoms. The highest BCUT2D eigenvalue weighted by Gasteiger charge is 2.23. The zero-order chi connectivity index (χ0) is 17.8. The van der Waals surface area contributed by atoms with Crippen LogP contribution in [0.1, 0.15) is 43.9 Å². The van der Waals surface area contributed by atoms with Crippen LogP contribution in [0.25, 0.3) is 0 Å². The number of fused-ring (bicyclic) bond motifs is 1. The van der Waals surface area contributed by atoms with Gasteiger partial charge in [-0.25, -0.2) is 4.79 Å². The molecule has 2 atom stereocenters. The second kappa shape index (κ2) is 7.87. The summed E-state index contributed by atoms with van der Waals surface area (Å²) in [7, 11) is 0. The van der Waals surface area contributed by atoms with Crippen LogP contribution in [0.4, 0.5) is 10.5 Å². The lowest BCUT2D eigenvalue weighted by Gasteiger charge is -2.27. The Bertz CT molecular complexity index is 641. The molecule has 1 aromatic rings. The van der Waals surface area contributed by atoms with Gasteiger partial charge in [-0.2, -0.15) is 0 Å². The van der Waals surface area contributed by atoms with Crippen molar-refractivity contribution >= 4 is 17.6 Å². The monoisotopic (exact) mass is 345 g/mol. The minimum atomic E-state index is -0.0793. The Labute approximate surface area is 148 Å². The summed E-state index contributed by atoms with van der Waals surface area (Å²) in [4.78, 5) is 25.9. The normalized spacial score (nSPS) is 20.6. The van der Waals surface area contributed by atoms with E-state index in [1.165, 1.54) is 0 Å². The Kier molecular flexibility index (Phi) is 5.58. The number of nitrogens with one attached hydrogen (secondary N) is 2. The molecule has 3 amide bonds. The number of ether oxygens (including phenoxy) is 1. The van der Waals surface area contributed by atoms with E-state index in [1.54, 1.807) is 0 Å². The quantitative estimate of drug-likeness (QED) is 0.862. The van der Waals surface area contributed by atoms with Crippen LogP contribution >= 0.6 is 0 Å². The summed E-state index contributed by atoms with van der Waals surface area (Å²) in [5.41, 5.74) is 3.08. The van der Waals surface area contributed by atoms with Gasteiger partial charge in [-0.15, -0.1) is 0 Å². The first-order valence-corrected chi connectivity index (χ1v) is 9.12. The molecule has 0 saturated carbocycles. The summed E-state index contributed by atoms with van der Waals surface area (Å²) >= 11 is 0. The molecule has 2 N–H and O–H groups in total. The topological polar surface area (TPSA) is 70.7 Å². The number of nitrogens with zero attached hydrogens (tertiary/aromatic N) is 1. The Balaban J connectivity index is 1.61. The van der Waals surface area contributed by atoms with Gasteiger partial charge in [0, 0.05) is 37.7 Å². The highest BCUT2D eigenvalue weighted by atomic mass is 16.5. The number of rotatable bonds is 5. The van der Waals surface area contributed by atoms with E-state index in [4.69, 9.17) is 4.74 Å². The van der Waals surface area contributed by atoms with E-state index in [0.717, 1.165) is 49.4 Å². The lowest BCUT2D eigenvalue weighted by Crippen LogP contribution is -2.43. The molecule has 2 heterocycles. The molecule has 136 valence electrons. The first-order valence-electron chi connectivity index (χ1n) is 9.12. The van der Waals surface area contributed by atoms with Crippen molar-refractivity contribution in [3.63, 3.8) is 0 Å². The van der Waals surface area contributed by atoms with Crippen LogP contribution in [0, 0.1) is 5.92 Å². The summed E-state index contributed by atoms with van der Waals surface area (Å²) in [6.07, 6.45) is 2.29. The lowest BCUT2D eigenvalue weighted by molar-refractivity contribution is -0.116. The van der Waals surface area contributed by atoms with E-state index in [-0.39, 0.29) is 18.0 Å². The maximum Gasteiger partial charge on any atom is 0.317 e. The van der Waals surface area contributed by atoms with E-state index in [2.05, 4.69) is 16.7 Å². The number of hydrogen-bond acceptors (Lipinski definition) is 3. The van der Waals surface area contributed by atoms with Gasteiger partial charge in [-0.3, -0.25) is 4.79 Å². The molecule has 3 rings (SSSR count). The van der Waals surface area contributed by atoms with Crippen molar-refractivity contribution in [2.45, 2.75) is 39.2 Å². The van der Waals surface area contributed by atoms with Crippen LogP contribution in [-0.2, 0) is 16.0 Å². The smallest absolute Gasteiger partial charge is 0.317 e. The average Bonchev–Trinajstić information content (AvgIpc) is 3.12. The highest BCUT2D eigenvalue weighted by Crippen LogP contribution is 2.26. The van der Waals surface area contributed by atoms with Crippen molar-refractivity contribution in [2.75, 3.05) is 31.6 Å². The summed E-state index contributed by atoms with van der Waals surface area (Å²) in [6, 6.07) is 5.87. The average molecular weight is 345 g/mol. The van der Waals surface area contributed by atoms with Crippen LogP contribution in [0.3, 0.4) is 0 Å². The van der Waals surface area contributed by atoms with Gasteiger partial charge in [-0.1, -0.05) is 12.1 Å². The number of benzene rings is 1. The van der Waals surface area contributed by atoms with E-state index < -0.39 is 0 Å². The lowest BCUT2D eigenvalue weighted by atomic mass is 9.98. The summed E-state index contributed by atoms with van der Waals surface area (Å²) in [5, 5.41) is 5.98. The Morgan fingerprint density at radius 3 is 3.00 bits per heavy atom. The molecule has 0 radical (unpaired) electrons. The highest BCUT2D eigenvalue weighted by molar-refractivity contribution is 5.93. The predicted octanol–water partition coefficient (Wildman–Crippen LogP) is 2.70. The van der Waals surface area contributed by atoms with Crippen LogP contribution in [0.15, 0.2) is 18.2 Å². The molecule has 2 aliphatic heterocycles. The Morgan fingerprint density at radius 2 is 2.28 bits per heavy atom. The minimum absolute atomic E-state index is 0.0343. The number of carbonyl (C=O) groups excluding carboxylic acids is 2. The fourth-order valence-electron chi connectivity index (χ4n) is 3.43. The van der Waals surface area contributed by atoms with E-state index in [1.807, 2.05) is 30.9 Å². The molecular formula is C19H27N3O3. The number of anilines is 1. The third-order valence-electron chi connectivity index (χ3n) is 5.04. The second-order valence-corrected chi connectivity index (χ2v) is 6.90. The standard InChI is InChI=1S/C19H27N3O3/c1-3-22(11-14-8-9-25-12-14)19(24)20-13(2)15-4-6-17-16(10-15)5-7-18(23)21-17/h4,6,10,13-14H,3,5,7-9,11-12H2,1-2H3,(H,20,24)(H,21,23)/t13-,14-/m1/s1. The summed E-state index contributed by atoms with van der Waals surface area (Å²) in [5.74, 6) is 0.504. The van der Waals surface area contributed by atoms with Crippen molar-refractivity contribution in [2.24, 2.45) is 5.92 Å². The minimum Gasteiger partial charge on any atom is -0.381 e. The first-order chi connectivity index (χ1) is 12.1. The van der Waals surface area contributed by atoms with Gasteiger partial charge in [0.05, 0.1) is 12.6 Å². The second-order valence-electron chi connectivity index (χ2n) is 6.90. The molecule has 6 nitrogen and oxygen atoms in total. The Hall–Kier alpha value is -2.08. The van der Waals surface area contributed by atoms with Gasteiger partial charge in [-0.05, 0) is 43.9 Å². The van der Waals surface area contributed by atoms with Gasteiger partial charge in [0.1, 0.15) is 0 Å². The van der Waals surface area contributed by atoms with Crippen molar-refractivity contribution in [1.82, 2.24) is 10.2 Å². The number of aryl methyl sites for hydroxylation is 1.